The molecular weight excluding hydrogens is 309 g/mol. The lowest BCUT2D eigenvalue weighted by atomic mass is 10.1. The van der Waals surface area contributed by atoms with Crippen LogP contribution in [0, 0.1) is 6.92 Å². The number of nitrogens with zero attached hydrogens (tertiary/aromatic N) is 1. The van der Waals surface area contributed by atoms with Crippen molar-refractivity contribution < 1.29 is 22.7 Å². The Labute approximate surface area is 131 Å². The van der Waals surface area contributed by atoms with Crippen LogP contribution in [0.1, 0.15) is 27.0 Å². The highest BCUT2D eigenvalue weighted by Crippen LogP contribution is 2.29. The van der Waals surface area contributed by atoms with E-state index in [0.717, 1.165) is 17.7 Å². The molecule has 23 heavy (non-hydrogen) atoms. The number of ether oxygens (including phenoxy) is 1. The van der Waals surface area contributed by atoms with Crippen LogP contribution in [0.5, 0.6) is 0 Å². The number of benzene rings is 1. The number of rotatable bonds is 4. The molecule has 0 fully saturated rings. The standard InChI is InChI=1S/C16H15F3N2O2/c1-10-7-13(15(22)23-2)14(20-8-10)21-9-11-3-5-12(6-4-11)16(17,18)19/h3-8H,9H2,1-2H3,(H,20,21). The Bertz CT molecular complexity index is 697. The van der Waals surface area contributed by atoms with E-state index >= 15 is 0 Å². The van der Waals surface area contributed by atoms with Gasteiger partial charge in [0.05, 0.1) is 12.7 Å². The van der Waals surface area contributed by atoms with Gasteiger partial charge in [0.1, 0.15) is 11.4 Å². The number of nitrogens with one attached hydrogen (secondary N) is 1. The van der Waals surface area contributed by atoms with Gasteiger partial charge in [-0.25, -0.2) is 9.78 Å². The summed E-state index contributed by atoms with van der Waals surface area (Å²) in [5.74, 6) is -0.210. The lowest BCUT2D eigenvalue weighted by Crippen LogP contribution is -2.11. The molecule has 122 valence electrons. The molecule has 0 aliphatic heterocycles. The monoisotopic (exact) mass is 324 g/mol. The first-order valence-electron chi connectivity index (χ1n) is 6.76. The average Bonchev–Trinajstić information content (AvgIpc) is 2.52. The zero-order valence-electron chi connectivity index (χ0n) is 12.6. The molecule has 0 amide bonds. The highest BCUT2D eigenvalue weighted by atomic mass is 19.4. The number of carbonyl (C=O) groups excluding carboxylic acids is 1. The van der Waals surface area contributed by atoms with E-state index in [4.69, 9.17) is 4.74 Å². The van der Waals surface area contributed by atoms with Gasteiger partial charge in [-0.05, 0) is 36.2 Å². The van der Waals surface area contributed by atoms with Crippen molar-refractivity contribution in [1.29, 1.82) is 0 Å². The summed E-state index contributed by atoms with van der Waals surface area (Å²) in [6.07, 6.45) is -2.77. The third-order valence-corrected chi connectivity index (χ3v) is 3.17. The topological polar surface area (TPSA) is 51.2 Å². The fourth-order valence-electron chi connectivity index (χ4n) is 1.97. The fourth-order valence-corrected chi connectivity index (χ4v) is 1.97. The van der Waals surface area contributed by atoms with Crippen LogP contribution in [0.3, 0.4) is 0 Å². The Hall–Kier alpha value is -2.57. The zero-order chi connectivity index (χ0) is 17.0. The molecule has 0 aliphatic rings. The number of hydrogen-bond donors (Lipinski definition) is 1. The summed E-state index contributed by atoms with van der Waals surface area (Å²) in [6, 6.07) is 6.42. The molecule has 2 aromatic rings. The summed E-state index contributed by atoms with van der Waals surface area (Å²) in [6.45, 7) is 2.03. The molecule has 1 N–H and O–H groups in total. The maximum Gasteiger partial charge on any atom is 0.416 e. The number of hydrogen-bond acceptors (Lipinski definition) is 4. The van der Waals surface area contributed by atoms with Crippen LogP contribution in [-0.2, 0) is 17.5 Å². The number of halogens is 3. The highest BCUT2D eigenvalue weighted by molar-refractivity contribution is 5.94. The second-order valence-electron chi connectivity index (χ2n) is 4.95. The molecule has 2 rings (SSSR count). The molecule has 0 aliphatic carbocycles. The van der Waals surface area contributed by atoms with Gasteiger partial charge in [0, 0.05) is 12.7 Å². The van der Waals surface area contributed by atoms with Crippen LogP contribution in [-0.4, -0.2) is 18.1 Å². The van der Waals surface area contributed by atoms with Gasteiger partial charge in [0.2, 0.25) is 0 Å². The number of pyridine rings is 1. The predicted molar refractivity (Wildman–Crippen MR) is 79.1 cm³/mol. The molecule has 0 saturated carbocycles. The van der Waals surface area contributed by atoms with Gasteiger partial charge < -0.3 is 10.1 Å². The first kappa shape index (κ1) is 16.8. The largest absolute Gasteiger partial charge is 0.465 e. The maximum absolute atomic E-state index is 12.5. The average molecular weight is 324 g/mol. The van der Waals surface area contributed by atoms with Crippen molar-refractivity contribution in [3.63, 3.8) is 0 Å². The smallest absolute Gasteiger partial charge is 0.416 e. The number of methoxy groups -OCH3 is 1. The lowest BCUT2D eigenvalue weighted by Gasteiger charge is -2.11. The summed E-state index contributed by atoms with van der Waals surface area (Å²) in [7, 11) is 1.27. The quantitative estimate of drug-likeness (QED) is 0.869. The molecule has 0 saturated heterocycles. The van der Waals surface area contributed by atoms with Crippen molar-refractivity contribution in [3.05, 3.63) is 58.8 Å². The Morgan fingerprint density at radius 2 is 1.91 bits per heavy atom. The van der Waals surface area contributed by atoms with Crippen LogP contribution < -0.4 is 5.32 Å². The van der Waals surface area contributed by atoms with E-state index in [0.29, 0.717) is 11.4 Å². The molecule has 1 aromatic carbocycles. The zero-order valence-corrected chi connectivity index (χ0v) is 12.6. The van der Waals surface area contributed by atoms with Gasteiger partial charge in [0.25, 0.3) is 0 Å². The minimum atomic E-state index is -4.36. The Kier molecular flexibility index (Phi) is 4.88. The lowest BCUT2D eigenvalue weighted by molar-refractivity contribution is -0.137. The van der Waals surface area contributed by atoms with Crippen molar-refractivity contribution in [2.45, 2.75) is 19.6 Å². The summed E-state index contributed by atoms with van der Waals surface area (Å²) in [5, 5.41) is 2.94. The fraction of sp³-hybridized carbons (Fsp3) is 0.250. The predicted octanol–water partition coefficient (Wildman–Crippen LogP) is 3.81. The first-order valence-corrected chi connectivity index (χ1v) is 6.76. The summed E-state index contributed by atoms with van der Waals surface area (Å²) < 4.78 is 42.2. The second-order valence-corrected chi connectivity index (χ2v) is 4.95. The minimum Gasteiger partial charge on any atom is -0.465 e. The molecule has 7 heteroatoms. The Balaban J connectivity index is 2.13. The first-order chi connectivity index (χ1) is 10.8. The minimum absolute atomic E-state index is 0.234. The number of aromatic nitrogens is 1. The number of carbonyl (C=O) groups is 1. The number of alkyl halides is 3. The SMILES string of the molecule is COC(=O)c1cc(C)cnc1NCc1ccc(C(F)(F)F)cc1. The third kappa shape index (κ3) is 4.21. The van der Waals surface area contributed by atoms with Crippen LogP contribution >= 0.6 is 0 Å². The summed E-state index contributed by atoms with van der Waals surface area (Å²) in [4.78, 5) is 15.9. The molecule has 0 radical (unpaired) electrons. The van der Waals surface area contributed by atoms with Gasteiger partial charge in [-0.2, -0.15) is 13.2 Å². The number of anilines is 1. The van der Waals surface area contributed by atoms with Crippen LogP contribution in [0.4, 0.5) is 19.0 Å². The second kappa shape index (κ2) is 6.68. The number of esters is 1. The molecular formula is C16H15F3N2O2. The van der Waals surface area contributed by atoms with Crippen molar-refractivity contribution in [3.8, 4) is 0 Å². The van der Waals surface area contributed by atoms with E-state index in [1.54, 1.807) is 19.2 Å². The van der Waals surface area contributed by atoms with Crippen molar-refractivity contribution >= 4 is 11.8 Å². The van der Waals surface area contributed by atoms with Gasteiger partial charge in [-0.3, -0.25) is 0 Å². The molecule has 0 atom stereocenters. The van der Waals surface area contributed by atoms with Gasteiger partial charge in [0.15, 0.2) is 0 Å². The molecule has 1 heterocycles. The van der Waals surface area contributed by atoms with E-state index in [9.17, 15) is 18.0 Å². The highest BCUT2D eigenvalue weighted by Gasteiger charge is 2.29. The van der Waals surface area contributed by atoms with Gasteiger partial charge in [-0.15, -0.1) is 0 Å². The third-order valence-electron chi connectivity index (χ3n) is 3.17. The number of aryl methyl sites for hydroxylation is 1. The summed E-state index contributed by atoms with van der Waals surface area (Å²) >= 11 is 0. The normalized spacial score (nSPS) is 11.2. The molecule has 0 bridgehead atoms. The molecule has 0 unspecified atom stereocenters. The maximum atomic E-state index is 12.5. The Morgan fingerprint density at radius 3 is 2.48 bits per heavy atom. The van der Waals surface area contributed by atoms with E-state index in [2.05, 4.69) is 10.3 Å². The van der Waals surface area contributed by atoms with Gasteiger partial charge >= 0.3 is 12.1 Å². The van der Waals surface area contributed by atoms with Gasteiger partial charge in [-0.1, -0.05) is 12.1 Å². The van der Waals surface area contributed by atoms with Crippen LogP contribution in [0.25, 0.3) is 0 Å². The van der Waals surface area contributed by atoms with Crippen LogP contribution in [0.2, 0.25) is 0 Å². The van der Waals surface area contributed by atoms with Crippen LogP contribution in [0.15, 0.2) is 36.5 Å². The van der Waals surface area contributed by atoms with Crippen molar-refractivity contribution in [2.75, 3.05) is 12.4 Å². The molecule has 1 aromatic heterocycles. The Morgan fingerprint density at radius 1 is 1.26 bits per heavy atom. The van der Waals surface area contributed by atoms with Crippen molar-refractivity contribution in [1.82, 2.24) is 4.98 Å². The van der Waals surface area contributed by atoms with E-state index in [-0.39, 0.29) is 12.1 Å². The van der Waals surface area contributed by atoms with E-state index < -0.39 is 17.7 Å². The van der Waals surface area contributed by atoms with E-state index in [1.165, 1.54) is 19.2 Å². The van der Waals surface area contributed by atoms with Crippen molar-refractivity contribution in [2.24, 2.45) is 0 Å². The summed E-state index contributed by atoms with van der Waals surface area (Å²) in [5.41, 5.74) is 1.01. The molecule has 0 spiro atoms. The van der Waals surface area contributed by atoms with E-state index in [1.807, 2.05) is 0 Å². The molecule has 4 nitrogen and oxygen atoms in total.